The second-order valence-corrected chi connectivity index (χ2v) is 8.77. The van der Waals surface area contributed by atoms with Crippen molar-refractivity contribution in [2.24, 2.45) is 5.41 Å². The zero-order valence-corrected chi connectivity index (χ0v) is 15.5. The largest absolute Gasteiger partial charge is 0.508 e. The molecule has 1 heterocycles. The number of phenolic OH excluding ortho intramolecular Hbond substituents is 1. The van der Waals surface area contributed by atoms with Crippen LogP contribution >= 0.6 is 15.9 Å². The van der Waals surface area contributed by atoms with Crippen LogP contribution in [0.1, 0.15) is 54.4 Å². The van der Waals surface area contributed by atoms with Gasteiger partial charge in [0, 0.05) is 16.2 Å². The van der Waals surface area contributed by atoms with Crippen molar-refractivity contribution in [2.45, 2.75) is 57.8 Å². The zero-order valence-electron chi connectivity index (χ0n) is 13.9. The predicted molar refractivity (Wildman–Crippen MR) is 99.4 cm³/mol. The van der Waals surface area contributed by atoms with E-state index in [9.17, 15) is 5.11 Å². The molecule has 0 aliphatic heterocycles. The minimum atomic E-state index is 0.465. The highest BCUT2D eigenvalue weighted by Crippen LogP contribution is 2.52. The van der Waals surface area contributed by atoms with E-state index in [1.807, 2.05) is 12.3 Å². The van der Waals surface area contributed by atoms with Gasteiger partial charge in [-0.05, 0) is 101 Å². The fraction of sp³-hybridized carbons (Fsp3) is 0.476. The summed E-state index contributed by atoms with van der Waals surface area (Å²) >= 11 is 3.76. The van der Waals surface area contributed by atoms with Gasteiger partial charge in [-0.2, -0.15) is 0 Å². The molecule has 2 nitrogen and oxygen atoms in total. The van der Waals surface area contributed by atoms with Gasteiger partial charge in [-0.1, -0.05) is 12.8 Å². The molecule has 0 radical (unpaired) electrons. The van der Waals surface area contributed by atoms with Crippen LogP contribution in [0.5, 0.6) is 5.75 Å². The van der Waals surface area contributed by atoms with Crippen molar-refractivity contribution in [3.63, 3.8) is 0 Å². The highest BCUT2D eigenvalue weighted by Gasteiger charge is 2.42. The van der Waals surface area contributed by atoms with Crippen molar-refractivity contribution in [3.05, 3.63) is 45.1 Å². The Morgan fingerprint density at radius 2 is 1.67 bits per heavy atom. The van der Waals surface area contributed by atoms with Gasteiger partial charge in [0.2, 0.25) is 0 Å². The second kappa shape index (κ2) is 5.32. The Balaban J connectivity index is 1.68. The van der Waals surface area contributed by atoms with E-state index >= 15 is 0 Å². The molecule has 3 aliphatic rings. The maximum atomic E-state index is 10.2. The topological polar surface area (TPSA) is 33.1 Å². The number of phenols is 1. The van der Waals surface area contributed by atoms with E-state index in [1.165, 1.54) is 70.9 Å². The van der Waals surface area contributed by atoms with E-state index in [0.717, 1.165) is 24.8 Å². The molecule has 0 atom stereocenters. The molecule has 24 heavy (non-hydrogen) atoms. The number of aromatic hydroxyl groups is 1. The maximum Gasteiger partial charge on any atom is 0.119 e. The van der Waals surface area contributed by atoms with Gasteiger partial charge in [0.25, 0.3) is 0 Å². The summed E-state index contributed by atoms with van der Waals surface area (Å²) in [6.07, 6.45) is 13.1. The lowest BCUT2D eigenvalue weighted by atomic mass is 9.83. The van der Waals surface area contributed by atoms with E-state index in [-0.39, 0.29) is 0 Å². The number of aromatic nitrogens is 1. The quantitative estimate of drug-likeness (QED) is 0.718. The van der Waals surface area contributed by atoms with E-state index < -0.39 is 0 Å². The van der Waals surface area contributed by atoms with Gasteiger partial charge in [-0.3, -0.25) is 4.98 Å². The van der Waals surface area contributed by atoms with Crippen LogP contribution in [0.3, 0.4) is 0 Å². The highest BCUT2D eigenvalue weighted by atomic mass is 79.9. The first-order valence-electron chi connectivity index (χ1n) is 9.17. The van der Waals surface area contributed by atoms with Crippen LogP contribution in [0, 0.1) is 5.41 Å². The fourth-order valence-corrected chi connectivity index (χ4v) is 5.86. The first-order valence-corrected chi connectivity index (χ1v) is 9.97. The molecular formula is C21H22BrNO. The normalized spacial score (nSPS) is 20.5. The van der Waals surface area contributed by atoms with Crippen LogP contribution in [-0.4, -0.2) is 10.1 Å². The van der Waals surface area contributed by atoms with Crippen LogP contribution < -0.4 is 0 Å². The van der Waals surface area contributed by atoms with E-state index in [4.69, 9.17) is 4.98 Å². The summed E-state index contributed by atoms with van der Waals surface area (Å²) in [5.41, 5.74) is 8.36. The standard InChI is InChI=1S/C21H22BrNO/c22-18-12-23-20(15-6-7-19(24)14-5-3-4-13(14)15)17-11-21(10-16(17)18)8-1-2-9-21/h6-7,12,24H,1-5,8-11H2. The SMILES string of the molecule is Oc1ccc(-c2ncc(Br)c3c2CC2(CCCC2)C3)c2c1CCC2. The number of nitrogens with zero attached hydrogens (tertiary/aromatic N) is 1. The van der Waals surface area contributed by atoms with Crippen molar-refractivity contribution < 1.29 is 5.11 Å². The van der Waals surface area contributed by atoms with E-state index in [1.54, 1.807) is 0 Å². The minimum Gasteiger partial charge on any atom is -0.508 e. The molecule has 0 bridgehead atoms. The lowest BCUT2D eigenvalue weighted by Crippen LogP contribution is -2.15. The van der Waals surface area contributed by atoms with Crippen molar-refractivity contribution in [3.8, 4) is 17.0 Å². The summed E-state index contributed by atoms with van der Waals surface area (Å²) in [7, 11) is 0. The summed E-state index contributed by atoms with van der Waals surface area (Å²) in [6, 6.07) is 3.96. The zero-order chi connectivity index (χ0) is 16.3. The lowest BCUT2D eigenvalue weighted by molar-refractivity contribution is 0.317. The number of benzene rings is 1. The Kier molecular flexibility index (Phi) is 3.31. The maximum absolute atomic E-state index is 10.2. The molecule has 1 aromatic carbocycles. The molecule has 0 unspecified atom stereocenters. The van der Waals surface area contributed by atoms with Gasteiger partial charge in [0.15, 0.2) is 0 Å². The second-order valence-electron chi connectivity index (χ2n) is 7.92. The van der Waals surface area contributed by atoms with Crippen LogP contribution in [0.25, 0.3) is 11.3 Å². The summed E-state index contributed by atoms with van der Waals surface area (Å²) in [5, 5.41) is 10.2. The Morgan fingerprint density at radius 1 is 0.917 bits per heavy atom. The van der Waals surface area contributed by atoms with Crippen molar-refractivity contribution in [2.75, 3.05) is 0 Å². The molecule has 0 amide bonds. The van der Waals surface area contributed by atoms with Crippen molar-refractivity contribution in [1.29, 1.82) is 0 Å². The minimum absolute atomic E-state index is 0.465. The van der Waals surface area contributed by atoms with Crippen LogP contribution in [-0.2, 0) is 25.7 Å². The molecular weight excluding hydrogens is 362 g/mol. The highest BCUT2D eigenvalue weighted by molar-refractivity contribution is 9.10. The number of rotatable bonds is 1. The molecule has 3 heteroatoms. The number of fused-ring (bicyclic) bond motifs is 2. The number of hydrogen-bond acceptors (Lipinski definition) is 2. The van der Waals surface area contributed by atoms with Gasteiger partial charge in [0.1, 0.15) is 5.75 Å². The summed E-state index contributed by atoms with van der Waals surface area (Å²) in [4.78, 5) is 4.85. The Labute approximate surface area is 151 Å². The Hall–Kier alpha value is -1.35. The summed E-state index contributed by atoms with van der Waals surface area (Å²) in [5.74, 6) is 0.465. The molecule has 3 aliphatic carbocycles. The number of halogens is 1. The molecule has 1 aromatic heterocycles. The Bertz CT molecular complexity index is 836. The first-order chi connectivity index (χ1) is 11.7. The predicted octanol–water partition coefficient (Wildman–Crippen LogP) is 5.36. The molecule has 1 spiro atoms. The molecule has 124 valence electrons. The summed E-state index contributed by atoms with van der Waals surface area (Å²) < 4.78 is 1.18. The molecule has 1 N–H and O–H groups in total. The van der Waals surface area contributed by atoms with Crippen molar-refractivity contribution >= 4 is 15.9 Å². The first kappa shape index (κ1) is 14.9. The third kappa shape index (κ3) is 2.10. The van der Waals surface area contributed by atoms with Gasteiger partial charge in [0.05, 0.1) is 5.69 Å². The molecule has 2 aromatic rings. The molecule has 5 rings (SSSR count). The van der Waals surface area contributed by atoms with E-state index in [0.29, 0.717) is 11.2 Å². The molecule has 1 fully saturated rings. The molecule has 0 saturated heterocycles. The number of hydrogen-bond donors (Lipinski definition) is 1. The smallest absolute Gasteiger partial charge is 0.119 e. The fourth-order valence-electron chi connectivity index (χ4n) is 5.38. The Morgan fingerprint density at radius 3 is 2.50 bits per heavy atom. The van der Waals surface area contributed by atoms with Gasteiger partial charge in [-0.15, -0.1) is 0 Å². The van der Waals surface area contributed by atoms with E-state index in [2.05, 4.69) is 22.0 Å². The van der Waals surface area contributed by atoms with Crippen LogP contribution in [0.15, 0.2) is 22.8 Å². The van der Waals surface area contributed by atoms with Gasteiger partial charge in [-0.25, -0.2) is 0 Å². The average Bonchev–Trinajstić information content (AvgIpc) is 3.30. The average molecular weight is 384 g/mol. The summed E-state index contributed by atoms with van der Waals surface area (Å²) in [6.45, 7) is 0. The number of pyridine rings is 1. The third-order valence-electron chi connectivity index (χ3n) is 6.53. The van der Waals surface area contributed by atoms with Crippen LogP contribution in [0.4, 0.5) is 0 Å². The third-order valence-corrected chi connectivity index (χ3v) is 7.21. The van der Waals surface area contributed by atoms with Crippen LogP contribution in [0.2, 0.25) is 0 Å². The van der Waals surface area contributed by atoms with Gasteiger partial charge < -0.3 is 5.11 Å². The van der Waals surface area contributed by atoms with Gasteiger partial charge >= 0.3 is 0 Å². The molecule has 1 saturated carbocycles. The van der Waals surface area contributed by atoms with Crippen molar-refractivity contribution in [1.82, 2.24) is 4.98 Å². The monoisotopic (exact) mass is 383 g/mol. The lowest BCUT2D eigenvalue weighted by Gasteiger charge is -2.21.